The van der Waals surface area contributed by atoms with Gasteiger partial charge in [0, 0.05) is 42.5 Å². The Bertz CT molecular complexity index is 1130. The maximum atomic E-state index is 12.8. The highest BCUT2D eigenvalue weighted by Crippen LogP contribution is 2.33. The second kappa shape index (κ2) is 8.63. The highest BCUT2D eigenvalue weighted by Gasteiger charge is 2.32. The summed E-state index contributed by atoms with van der Waals surface area (Å²) in [6, 6.07) is 11.8. The molecule has 2 aliphatic rings. The first-order valence-electron chi connectivity index (χ1n) is 11.1. The smallest absolute Gasteiger partial charge is 0.260 e. The van der Waals surface area contributed by atoms with E-state index in [-0.39, 0.29) is 17.7 Å². The normalized spacial score (nSPS) is 18.7. The number of hydrogen-bond donors (Lipinski definition) is 0. The Hall–Kier alpha value is -3.39. The number of carbonyl (C=O) groups excluding carboxylic acids is 2. The van der Waals surface area contributed by atoms with Gasteiger partial charge < -0.3 is 0 Å². The zero-order valence-electron chi connectivity index (χ0n) is 18.1. The molecule has 0 saturated carbocycles. The molecule has 2 aromatic heterocycles. The Labute approximate surface area is 186 Å². The molecule has 32 heavy (non-hydrogen) atoms. The molecule has 1 aromatic carbocycles. The van der Waals surface area contributed by atoms with E-state index in [1.807, 2.05) is 37.3 Å². The molecular formula is C24H26N6O2. The van der Waals surface area contributed by atoms with Gasteiger partial charge in [-0.1, -0.05) is 30.3 Å². The van der Waals surface area contributed by atoms with Gasteiger partial charge in [0.05, 0.1) is 13.1 Å². The van der Waals surface area contributed by atoms with Crippen molar-refractivity contribution < 1.29 is 9.59 Å². The van der Waals surface area contributed by atoms with Crippen LogP contribution in [0, 0.1) is 6.92 Å². The van der Waals surface area contributed by atoms with Gasteiger partial charge in [-0.05, 0) is 37.9 Å². The topological polar surface area (TPSA) is 84.2 Å². The van der Waals surface area contributed by atoms with Crippen molar-refractivity contribution in [3.63, 3.8) is 0 Å². The first-order valence-corrected chi connectivity index (χ1v) is 11.1. The fraction of sp³-hybridized carbons (Fsp3) is 0.375. The summed E-state index contributed by atoms with van der Waals surface area (Å²) >= 11 is 0. The first kappa shape index (κ1) is 20.5. The predicted molar refractivity (Wildman–Crippen MR) is 119 cm³/mol. The van der Waals surface area contributed by atoms with E-state index in [4.69, 9.17) is 9.97 Å². The summed E-state index contributed by atoms with van der Waals surface area (Å²) in [7, 11) is 0. The van der Waals surface area contributed by atoms with Crippen LogP contribution in [-0.2, 0) is 17.8 Å². The molecule has 0 aliphatic carbocycles. The van der Waals surface area contributed by atoms with Crippen LogP contribution in [0.2, 0.25) is 0 Å². The molecule has 1 saturated heterocycles. The Balaban J connectivity index is 1.36. The third-order valence-corrected chi connectivity index (χ3v) is 6.29. The average Bonchev–Trinajstić information content (AvgIpc) is 3.49. The molecule has 1 atom stereocenters. The molecule has 0 radical (unpaired) electrons. The predicted octanol–water partition coefficient (Wildman–Crippen LogP) is 2.59. The van der Waals surface area contributed by atoms with Crippen molar-refractivity contribution in [1.29, 1.82) is 0 Å². The van der Waals surface area contributed by atoms with E-state index < -0.39 is 0 Å². The number of aromatic nitrogens is 4. The third-order valence-electron chi connectivity index (χ3n) is 6.29. The van der Waals surface area contributed by atoms with Crippen LogP contribution in [0.5, 0.6) is 0 Å². The van der Waals surface area contributed by atoms with Crippen molar-refractivity contribution in [3.8, 4) is 0 Å². The average molecular weight is 431 g/mol. The Morgan fingerprint density at radius 3 is 2.75 bits per heavy atom. The molecule has 3 aromatic rings. The van der Waals surface area contributed by atoms with Crippen LogP contribution in [0.15, 0.2) is 48.8 Å². The zero-order chi connectivity index (χ0) is 22.1. The Kier molecular flexibility index (Phi) is 5.53. The van der Waals surface area contributed by atoms with Gasteiger partial charge in [0.15, 0.2) is 0 Å². The number of hydrogen-bond acceptors (Lipinski definition) is 6. The van der Waals surface area contributed by atoms with Crippen LogP contribution in [0.4, 0.5) is 5.82 Å². The number of anilines is 1. The monoisotopic (exact) mass is 430 g/mol. The minimum Gasteiger partial charge on any atom is -0.294 e. The lowest BCUT2D eigenvalue weighted by Gasteiger charge is -2.30. The Morgan fingerprint density at radius 2 is 1.97 bits per heavy atom. The van der Waals surface area contributed by atoms with Crippen LogP contribution < -0.4 is 4.90 Å². The number of nitrogens with zero attached hydrogens (tertiary/aromatic N) is 6. The van der Waals surface area contributed by atoms with E-state index in [9.17, 15) is 9.59 Å². The van der Waals surface area contributed by atoms with E-state index in [1.54, 1.807) is 23.4 Å². The third kappa shape index (κ3) is 4.05. The summed E-state index contributed by atoms with van der Waals surface area (Å²) in [6.45, 7) is 4.37. The van der Waals surface area contributed by atoms with Crippen LogP contribution in [0.1, 0.15) is 46.2 Å². The van der Waals surface area contributed by atoms with Crippen LogP contribution in [0.3, 0.4) is 0 Å². The van der Waals surface area contributed by atoms with Gasteiger partial charge in [-0.2, -0.15) is 5.10 Å². The SMILES string of the molecule is Cc1nc(C2CCN(CC(=O)n3cccn3)C2)nc2c1CCC(=O)N2Cc1ccccc1. The lowest BCUT2D eigenvalue weighted by molar-refractivity contribution is -0.119. The molecule has 1 fully saturated rings. The van der Waals surface area contributed by atoms with Crippen molar-refractivity contribution in [2.75, 3.05) is 24.5 Å². The van der Waals surface area contributed by atoms with Crippen LogP contribution >= 0.6 is 0 Å². The van der Waals surface area contributed by atoms with E-state index in [0.717, 1.165) is 48.0 Å². The molecule has 164 valence electrons. The van der Waals surface area contributed by atoms with E-state index in [0.29, 0.717) is 25.9 Å². The minimum atomic E-state index is -0.0437. The number of benzene rings is 1. The minimum absolute atomic E-state index is 0.0437. The quantitative estimate of drug-likeness (QED) is 0.619. The molecule has 2 aliphatic heterocycles. The number of rotatable bonds is 5. The summed E-state index contributed by atoms with van der Waals surface area (Å²) in [5, 5.41) is 4.02. The van der Waals surface area contributed by atoms with Crippen molar-refractivity contribution >= 4 is 17.6 Å². The summed E-state index contributed by atoms with van der Waals surface area (Å²) in [5.41, 5.74) is 3.09. The van der Waals surface area contributed by atoms with Gasteiger partial charge in [0.1, 0.15) is 11.6 Å². The number of aryl methyl sites for hydroxylation is 1. The maximum Gasteiger partial charge on any atom is 0.260 e. The fourth-order valence-electron chi connectivity index (χ4n) is 4.58. The zero-order valence-corrected chi connectivity index (χ0v) is 18.1. The number of likely N-dealkylation sites (tertiary alicyclic amines) is 1. The molecule has 8 nitrogen and oxygen atoms in total. The van der Waals surface area contributed by atoms with E-state index in [2.05, 4.69) is 10.00 Å². The molecule has 1 amide bonds. The van der Waals surface area contributed by atoms with Crippen LogP contribution in [0.25, 0.3) is 0 Å². The molecular weight excluding hydrogens is 404 g/mol. The lowest BCUT2D eigenvalue weighted by Crippen LogP contribution is -2.36. The molecule has 5 rings (SSSR count). The van der Waals surface area contributed by atoms with Crippen LogP contribution in [-0.4, -0.2) is 56.1 Å². The lowest BCUT2D eigenvalue weighted by atomic mass is 10.0. The van der Waals surface area contributed by atoms with Crippen molar-refractivity contribution in [1.82, 2.24) is 24.6 Å². The highest BCUT2D eigenvalue weighted by molar-refractivity contribution is 5.95. The summed E-state index contributed by atoms with van der Waals surface area (Å²) < 4.78 is 1.37. The molecule has 8 heteroatoms. The standard InChI is InChI=1S/C24H26N6O2/c1-17-20-8-9-21(31)29(14-18-6-3-2-4-7-18)24(20)27-23(26-17)19-10-13-28(15-19)16-22(32)30-12-5-11-25-30/h2-7,11-12,19H,8-10,13-16H2,1H3. The maximum absolute atomic E-state index is 12.8. The molecule has 0 spiro atoms. The van der Waals surface area contributed by atoms with Gasteiger partial charge in [0.2, 0.25) is 5.91 Å². The molecule has 4 heterocycles. The van der Waals surface area contributed by atoms with Gasteiger partial charge in [0.25, 0.3) is 5.91 Å². The largest absolute Gasteiger partial charge is 0.294 e. The van der Waals surface area contributed by atoms with E-state index in [1.165, 1.54) is 4.68 Å². The summed E-state index contributed by atoms with van der Waals surface area (Å²) in [6.07, 6.45) is 5.33. The van der Waals surface area contributed by atoms with Crippen molar-refractivity contribution in [2.45, 2.75) is 38.6 Å². The second-order valence-electron chi connectivity index (χ2n) is 8.50. The van der Waals surface area contributed by atoms with Crippen molar-refractivity contribution in [3.05, 3.63) is 71.4 Å². The number of fused-ring (bicyclic) bond motifs is 1. The number of carbonyl (C=O) groups is 2. The van der Waals surface area contributed by atoms with E-state index >= 15 is 0 Å². The second-order valence-corrected chi connectivity index (χ2v) is 8.50. The molecule has 0 N–H and O–H groups in total. The van der Waals surface area contributed by atoms with Gasteiger partial charge in [-0.3, -0.25) is 19.4 Å². The van der Waals surface area contributed by atoms with Gasteiger partial charge in [-0.15, -0.1) is 0 Å². The fourth-order valence-corrected chi connectivity index (χ4v) is 4.58. The van der Waals surface area contributed by atoms with Gasteiger partial charge in [-0.25, -0.2) is 14.6 Å². The Morgan fingerprint density at radius 1 is 1.12 bits per heavy atom. The summed E-state index contributed by atoms with van der Waals surface area (Å²) in [4.78, 5) is 38.9. The first-order chi connectivity index (χ1) is 15.6. The molecule has 0 bridgehead atoms. The van der Waals surface area contributed by atoms with Gasteiger partial charge >= 0.3 is 0 Å². The summed E-state index contributed by atoms with van der Waals surface area (Å²) in [5.74, 6) is 1.71. The van der Waals surface area contributed by atoms with Crippen molar-refractivity contribution in [2.24, 2.45) is 0 Å². The molecule has 1 unspecified atom stereocenters. The highest BCUT2D eigenvalue weighted by atomic mass is 16.2. The number of amides is 1.